The van der Waals surface area contributed by atoms with Gasteiger partial charge in [-0.25, -0.2) is 0 Å². The van der Waals surface area contributed by atoms with Crippen LogP contribution in [0.1, 0.15) is 11.5 Å². The monoisotopic (exact) mass is 213 g/mol. The average Bonchev–Trinajstić information content (AvgIpc) is 2.38. The van der Waals surface area contributed by atoms with E-state index in [4.69, 9.17) is 0 Å². The largest absolute Gasteiger partial charge is 0.367 e. The molecule has 80 valence electrons. The van der Waals surface area contributed by atoms with Gasteiger partial charge in [-0.2, -0.15) is 0 Å². The zero-order valence-corrected chi connectivity index (χ0v) is 8.59. The minimum Gasteiger partial charge on any atom is -0.367 e. The van der Waals surface area contributed by atoms with Crippen LogP contribution in [0.25, 0.3) is 0 Å². The summed E-state index contributed by atoms with van der Waals surface area (Å²) in [6.45, 7) is 0. The predicted molar refractivity (Wildman–Crippen MR) is 60.6 cm³/mol. The summed E-state index contributed by atoms with van der Waals surface area (Å²) in [5, 5.41) is 2.80. The van der Waals surface area contributed by atoms with Crippen molar-refractivity contribution in [2.75, 3.05) is 0 Å². The van der Waals surface area contributed by atoms with E-state index in [0.29, 0.717) is 11.1 Å². The van der Waals surface area contributed by atoms with Crippen molar-refractivity contribution in [1.82, 2.24) is 5.32 Å². The van der Waals surface area contributed by atoms with Gasteiger partial charge in [0.05, 0.1) is 0 Å². The SMILES string of the molecule is O=CC1=CNC=C(C=O)C1c1ccccc1. The standard InChI is InChI=1S/C13H11NO2/c15-8-11-6-14-7-12(9-16)13(11)10-4-2-1-3-5-10/h1-9,13-14H. The Morgan fingerprint density at radius 2 is 1.50 bits per heavy atom. The quantitative estimate of drug-likeness (QED) is 0.775. The van der Waals surface area contributed by atoms with E-state index in [9.17, 15) is 9.59 Å². The van der Waals surface area contributed by atoms with Crippen LogP contribution in [0.15, 0.2) is 53.9 Å². The number of dihydropyridines is 1. The lowest BCUT2D eigenvalue weighted by molar-refractivity contribution is -0.105. The second-order valence-corrected chi connectivity index (χ2v) is 3.53. The smallest absolute Gasteiger partial charge is 0.148 e. The lowest BCUT2D eigenvalue weighted by atomic mass is 9.85. The van der Waals surface area contributed by atoms with Crippen molar-refractivity contribution in [3.8, 4) is 0 Å². The van der Waals surface area contributed by atoms with Crippen LogP contribution in [-0.4, -0.2) is 12.6 Å². The molecule has 0 unspecified atom stereocenters. The Labute approximate surface area is 93.5 Å². The van der Waals surface area contributed by atoms with Crippen molar-refractivity contribution < 1.29 is 9.59 Å². The van der Waals surface area contributed by atoms with Gasteiger partial charge in [-0.3, -0.25) is 9.59 Å². The van der Waals surface area contributed by atoms with Crippen LogP contribution in [0.3, 0.4) is 0 Å². The van der Waals surface area contributed by atoms with Crippen LogP contribution in [-0.2, 0) is 9.59 Å². The molecule has 0 amide bonds. The topological polar surface area (TPSA) is 46.2 Å². The molecule has 1 aliphatic rings. The van der Waals surface area contributed by atoms with Gasteiger partial charge >= 0.3 is 0 Å². The van der Waals surface area contributed by atoms with Crippen LogP contribution in [0.5, 0.6) is 0 Å². The van der Waals surface area contributed by atoms with Gasteiger partial charge in [0.25, 0.3) is 0 Å². The zero-order chi connectivity index (χ0) is 11.4. The number of aldehydes is 2. The van der Waals surface area contributed by atoms with Crippen molar-refractivity contribution in [1.29, 1.82) is 0 Å². The van der Waals surface area contributed by atoms with Crippen LogP contribution in [0, 0.1) is 0 Å². The highest BCUT2D eigenvalue weighted by molar-refractivity contribution is 5.86. The van der Waals surface area contributed by atoms with Gasteiger partial charge in [0.1, 0.15) is 12.6 Å². The van der Waals surface area contributed by atoms with Crippen molar-refractivity contribution >= 4 is 12.6 Å². The van der Waals surface area contributed by atoms with E-state index in [-0.39, 0.29) is 5.92 Å². The Balaban J connectivity index is 2.45. The van der Waals surface area contributed by atoms with Crippen molar-refractivity contribution in [3.63, 3.8) is 0 Å². The number of nitrogens with one attached hydrogen (secondary N) is 1. The molecule has 1 aromatic rings. The molecule has 3 nitrogen and oxygen atoms in total. The maximum Gasteiger partial charge on any atom is 0.148 e. The Hall–Kier alpha value is -2.16. The number of allylic oxidation sites excluding steroid dienone is 2. The maximum absolute atomic E-state index is 11.0. The van der Waals surface area contributed by atoms with Gasteiger partial charge in [-0.05, 0) is 5.56 Å². The van der Waals surface area contributed by atoms with E-state index in [1.807, 2.05) is 30.3 Å². The molecule has 0 aliphatic carbocycles. The summed E-state index contributed by atoms with van der Waals surface area (Å²) in [6.07, 6.45) is 4.80. The molecule has 0 saturated heterocycles. The molecule has 16 heavy (non-hydrogen) atoms. The first kappa shape index (κ1) is 10.4. The molecule has 0 saturated carbocycles. The molecule has 1 aliphatic heterocycles. The van der Waals surface area contributed by atoms with Gasteiger partial charge in [0.15, 0.2) is 0 Å². The molecular formula is C13H11NO2. The van der Waals surface area contributed by atoms with E-state index in [2.05, 4.69) is 5.32 Å². The van der Waals surface area contributed by atoms with E-state index in [1.54, 1.807) is 12.4 Å². The van der Waals surface area contributed by atoms with Crippen LogP contribution in [0.2, 0.25) is 0 Å². The number of carbonyl (C=O) groups is 2. The Kier molecular flexibility index (Phi) is 2.96. The highest BCUT2D eigenvalue weighted by Crippen LogP contribution is 2.30. The van der Waals surface area contributed by atoms with Gasteiger partial charge in [-0.1, -0.05) is 30.3 Å². The second kappa shape index (κ2) is 4.57. The van der Waals surface area contributed by atoms with Crippen molar-refractivity contribution in [2.24, 2.45) is 0 Å². The van der Waals surface area contributed by atoms with Crippen molar-refractivity contribution in [3.05, 3.63) is 59.4 Å². The first-order valence-corrected chi connectivity index (χ1v) is 4.98. The van der Waals surface area contributed by atoms with Gasteiger partial charge < -0.3 is 5.32 Å². The Morgan fingerprint density at radius 3 is 2.00 bits per heavy atom. The fourth-order valence-corrected chi connectivity index (χ4v) is 1.83. The molecule has 1 heterocycles. The molecule has 1 aromatic carbocycles. The predicted octanol–water partition coefficient (Wildman–Crippen LogP) is 1.54. The van der Waals surface area contributed by atoms with Crippen LogP contribution >= 0.6 is 0 Å². The Bertz CT molecular complexity index is 436. The maximum atomic E-state index is 11.0. The normalized spacial score (nSPS) is 15.8. The number of benzene rings is 1. The van der Waals surface area contributed by atoms with Gasteiger partial charge in [0.2, 0.25) is 0 Å². The molecule has 0 fully saturated rings. The molecule has 0 bridgehead atoms. The Morgan fingerprint density at radius 1 is 0.938 bits per heavy atom. The molecule has 0 radical (unpaired) electrons. The van der Waals surface area contributed by atoms with E-state index in [0.717, 1.165) is 18.1 Å². The number of rotatable bonds is 3. The fraction of sp³-hybridized carbons (Fsp3) is 0.0769. The summed E-state index contributed by atoms with van der Waals surface area (Å²) >= 11 is 0. The molecule has 0 atom stereocenters. The summed E-state index contributed by atoms with van der Waals surface area (Å²) in [5.74, 6) is -0.252. The number of hydrogen-bond acceptors (Lipinski definition) is 3. The first-order valence-electron chi connectivity index (χ1n) is 4.98. The summed E-state index contributed by atoms with van der Waals surface area (Å²) < 4.78 is 0. The highest BCUT2D eigenvalue weighted by atomic mass is 16.1. The fourth-order valence-electron chi connectivity index (χ4n) is 1.83. The zero-order valence-electron chi connectivity index (χ0n) is 8.59. The van der Waals surface area contributed by atoms with E-state index in [1.165, 1.54) is 0 Å². The lowest BCUT2D eigenvalue weighted by Gasteiger charge is -2.21. The molecule has 3 heteroatoms. The number of hydrogen-bond donors (Lipinski definition) is 1. The van der Waals surface area contributed by atoms with Crippen LogP contribution < -0.4 is 5.32 Å². The second-order valence-electron chi connectivity index (χ2n) is 3.53. The van der Waals surface area contributed by atoms with Gasteiger partial charge in [0, 0.05) is 29.5 Å². The van der Waals surface area contributed by atoms with Crippen LogP contribution in [0.4, 0.5) is 0 Å². The minimum atomic E-state index is -0.252. The molecule has 0 spiro atoms. The molecule has 2 rings (SSSR count). The summed E-state index contributed by atoms with van der Waals surface area (Å²) in [4.78, 5) is 21.9. The summed E-state index contributed by atoms with van der Waals surface area (Å²) in [7, 11) is 0. The van der Waals surface area contributed by atoms with E-state index >= 15 is 0 Å². The van der Waals surface area contributed by atoms with Crippen molar-refractivity contribution in [2.45, 2.75) is 5.92 Å². The van der Waals surface area contributed by atoms with E-state index < -0.39 is 0 Å². The average molecular weight is 213 g/mol. The molecule has 0 aromatic heterocycles. The first-order chi connectivity index (χ1) is 7.86. The minimum absolute atomic E-state index is 0.252. The van der Waals surface area contributed by atoms with Gasteiger partial charge in [-0.15, -0.1) is 0 Å². The molecular weight excluding hydrogens is 202 g/mol. The lowest BCUT2D eigenvalue weighted by Crippen LogP contribution is -2.17. The highest BCUT2D eigenvalue weighted by Gasteiger charge is 2.22. The third kappa shape index (κ3) is 1.80. The summed E-state index contributed by atoms with van der Waals surface area (Å²) in [5.41, 5.74) is 2.08. The number of carbonyl (C=O) groups excluding carboxylic acids is 2. The third-order valence-corrected chi connectivity index (χ3v) is 2.57. The molecule has 1 N–H and O–H groups in total. The summed E-state index contributed by atoms with van der Waals surface area (Å²) in [6, 6.07) is 9.50. The third-order valence-electron chi connectivity index (χ3n) is 2.57.